The maximum Gasteiger partial charge on any atom is 0.227 e. The summed E-state index contributed by atoms with van der Waals surface area (Å²) in [6.45, 7) is 4.03. The molecule has 0 radical (unpaired) electrons. The molecule has 0 spiro atoms. The molecule has 4 aromatic rings. The number of aromatic nitrogens is 4. The molecule has 0 saturated heterocycles. The summed E-state index contributed by atoms with van der Waals surface area (Å²) >= 11 is 0. The highest BCUT2D eigenvalue weighted by Crippen LogP contribution is 2.20. The fourth-order valence-electron chi connectivity index (χ4n) is 3.30. The van der Waals surface area contributed by atoms with Crippen molar-refractivity contribution in [2.45, 2.75) is 26.7 Å². The number of para-hydroxylation sites is 3. The van der Waals surface area contributed by atoms with Gasteiger partial charge < -0.3 is 4.98 Å². The van der Waals surface area contributed by atoms with Gasteiger partial charge in [0.15, 0.2) is 0 Å². The monoisotopic (exact) mass is 359 g/mol. The van der Waals surface area contributed by atoms with Crippen molar-refractivity contribution in [3.63, 3.8) is 0 Å². The van der Waals surface area contributed by atoms with Gasteiger partial charge in [-0.05, 0) is 50.1 Å². The summed E-state index contributed by atoms with van der Waals surface area (Å²) in [4.78, 5) is 19.9. The van der Waals surface area contributed by atoms with Gasteiger partial charge in [-0.2, -0.15) is 5.10 Å². The maximum absolute atomic E-state index is 12.4. The minimum Gasteiger partial charge on any atom is -0.324 e. The van der Waals surface area contributed by atoms with E-state index in [1.54, 1.807) is 0 Å². The van der Waals surface area contributed by atoms with Gasteiger partial charge in [-0.3, -0.25) is 10.1 Å². The van der Waals surface area contributed by atoms with E-state index < -0.39 is 0 Å². The predicted octanol–water partition coefficient (Wildman–Crippen LogP) is 3.94. The molecule has 2 N–H and O–H groups in total. The first-order valence-electron chi connectivity index (χ1n) is 8.97. The van der Waals surface area contributed by atoms with E-state index in [2.05, 4.69) is 20.4 Å². The van der Waals surface area contributed by atoms with Gasteiger partial charge >= 0.3 is 0 Å². The van der Waals surface area contributed by atoms with Crippen molar-refractivity contribution in [2.24, 2.45) is 0 Å². The third kappa shape index (κ3) is 3.46. The number of anilines is 1. The number of hydrogen-bond acceptors (Lipinski definition) is 3. The van der Waals surface area contributed by atoms with E-state index in [-0.39, 0.29) is 5.91 Å². The zero-order valence-electron chi connectivity index (χ0n) is 15.4. The zero-order valence-corrected chi connectivity index (χ0v) is 15.4. The van der Waals surface area contributed by atoms with Gasteiger partial charge in [-0.1, -0.05) is 30.3 Å². The molecular formula is C21H21N5O. The van der Waals surface area contributed by atoms with Crippen LogP contribution in [0.5, 0.6) is 0 Å². The molecule has 0 aliphatic rings. The number of aromatic amines is 1. The summed E-state index contributed by atoms with van der Waals surface area (Å²) in [7, 11) is 0. The molecule has 4 rings (SSSR count). The number of amides is 1. The van der Waals surface area contributed by atoms with Gasteiger partial charge in [0.1, 0.15) is 0 Å². The van der Waals surface area contributed by atoms with Crippen LogP contribution in [0.4, 0.5) is 5.95 Å². The molecule has 0 aliphatic carbocycles. The Labute approximate surface area is 157 Å². The average Bonchev–Trinajstić information content (AvgIpc) is 3.20. The molecule has 1 amide bonds. The minimum absolute atomic E-state index is 0.0692. The highest BCUT2D eigenvalue weighted by Gasteiger charge is 2.14. The molecule has 27 heavy (non-hydrogen) atoms. The first-order chi connectivity index (χ1) is 13.1. The zero-order chi connectivity index (χ0) is 18.8. The van der Waals surface area contributed by atoms with Gasteiger partial charge in [0, 0.05) is 12.1 Å². The molecule has 0 unspecified atom stereocenters. The Kier molecular flexibility index (Phi) is 4.46. The quantitative estimate of drug-likeness (QED) is 0.567. The Morgan fingerprint density at radius 2 is 1.81 bits per heavy atom. The summed E-state index contributed by atoms with van der Waals surface area (Å²) in [5, 5.41) is 7.48. The number of fused-ring (bicyclic) bond motifs is 1. The van der Waals surface area contributed by atoms with Gasteiger partial charge in [0.05, 0.1) is 22.4 Å². The topological polar surface area (TPSA) is 75.6 Å². The van der Waals surface area contributed by atoms with Gasteiger partial charge in [0.2, 0.25) is 11.9 Å². The molecule has 0 atom stereocenters. The minimum atomic E-state index is -0.0692. The highest BCUT2D eigenvalue weighted by atomic mass is 16.1. The molecule has 0 fully saturated rings. The average molecular weight is 359 g/mol. The van der Waals surface area contributed by atoms with Gasteiger partial charge in [-0.25, -0.2) is 9.67 Å². The second-order valence-electron chi connectivity index (χ2n) is 6.55. The van der Waals surface area contributed by atoms with E-state index in [1.807, 2.05) is 73.1 Å². The van der Waals surface area contributed by atoms with Crippen LogP contribution in [0, 0.1) is 13.8 Å². The largest absolute Gasteiger partial charge is 0.324 e. The number of aryl methyl sites for hydroxylation is 1. The van der Waals surface area contributed by atoms with Crippen LogP contribution >= 0.6 is 0 Å². The molecule has 136 valence electrons. The lowest BCUT2D eigenvalue weighted by Crippen LogP contribution is -2.13. The van der Waals surface area contributed by atoms with E-state index in [9.17, 15) is 4.79 Å². The third-order valence-electron chi connectivity index (χ3n) is 4.69. The Hall–Kier alpha value is -3.41. The number of imidazole rings is 1. The molecule has 2 heterocycles. The smallest absolute Gasteiger partial charge is 0.227 e. The van der Waals surface area contributed by atoms with Crippen LogP contribution in [0.1, 0.15) is 23.4 Å². The Morgan fingerprint density at radius 3 is 2.59 bits per heavy atom. The first-order valence-corrected chi connectivity index (χ1v) is 8.97. The maximum atomic E-state index is 12.4. The van der Waals surface area contributed by atoms with Crippen molar-refractivity contribution in [1.29, 1.82) is 0 Å². The summed E-state index contributed by atoms with van der Waals surface area (Å²) in [6.07, 6.45) is 1.01. The molecule has 0 bridgehead atoms. The van der Waals surface area contributed by atoms with Crippen LogP contribution in [0.15, 0.2) is 54.6 Å². The Balaban J connectivity index is 1.45. The summed E-state index contributed by atoms with van der Waals surface area (Å²) in [6, 6.07) is 17.7. The van der Waals surface area contributed by atoms with Crippen molar-refractivity contribution in [1.82, 2.24) is 19.7 Å². The predicted molar refractivity (Wildman–Crippen MR) is 106 cm³/mol. The Morgan fingerprint density at radius 1 is 1.07 bits per heavy atom. The van der Waals surface area contributed by atoms with Gasteiger partial charge in [0.25, 0.3) is 0 Å². The Bertz CT molecular complexity index is 1060. The molecule has 6 heteroatoms. The number of nitrogens with zero attached hydrogens (tertiary/aromatic N) is 3. The van der Waals surface area contributed by atoms with Crippen LogP contribution in [0.3, 0.4) is 0 Å². The molecule has 6 nitrogen and oxygen atoms in total. The number of carbonyl (C=O) groups is 1. The molecular weight excluding hydrogens is 338 g/mol. The lowest BCUT2D eigenvalue weighted by molar-refractivity contribution is -0.116. The number of H-pyrrole nitrogens is 1. The number of nitrogens with one attached hydrogen (secondary N) is 2. The first kappa shape index (κ1) is 17.0. The number of hydrogen-bond donors (Lipinski definition) is 2. The molecule has 2 aromatic carbocycles. The van der Waals surface area contributed by atoms with Crippen molar-refractivity contribution in [2.75, 3.05) is 5.32 Å². The van der Waals surface area contributed by atoms with Crippen molar-refractivity contribution in [3.8, 4) is 5.69 Å². The van der Waals surface area contributed by atoms with E-state index in [0.717, 1.165) is 33.7 Å². The van der Waals surface area contributed by atoms with E-state index in [1.165, 1.54) is 0 Å². The van der Waals surface area contributed by atoms with Crippen LogP contribution in [-0.4, -0.2) is 25.7 Å². The molecule has 0 saturated carbocycles. The van der Waals surface area contributed by atoms with Crippen LogP contribution < -0.4 is 5.32 Å². The van der Waals surface area contributed by atoms with Crippen molar-refractivity contribution < 1.29 is 4.79 Å². The third-order valence-corrected chi connectivity index (χ3v) is 4.69. The number of benzene rings is 2. The lowest BCUT2D eigenvalue weighted by Gasteiger charge is -2.05. The van der Waals surface area contributed by atoms with Crippen molar-refractivity contribution in [3.05, 3.63) is 71.5 Å². The fraction of sp³-hybridized carbons (Fsp3) is 0.190. The van der Waals surface area contributed by atoms with Crippen molar-refractivity contribution >= 4 is 22.9 Å². The van der Waals surface area contributed by atoms with E-state index in [0.29, 0.717) is 18.8 Å². The summed E-state index contributed by atoms with van der Waals surface area (Å²) in [5.41, 5.74) is 5.89. The standard InChI is InChI=1S/C21H21N5O/c1-14-17(15(2)26(25-14)16-8-4-3-5-9-16)12-13-20(27)24-21-22-18-10-6-7-11-19(18)23-21/h3-11H,12-13H2,1-2H3,(H2,22,23,24,27). The second-order valence-corrected chi connectivity index (χ2v) is 6.55. The van der Waals surface area contributed by atoms with E-state index >= 15 is 0 Å². The normalized spacial score (nSPS) is 11.0. The lowest BCUT2D eigenvalue weighted by atomic mass is 10.1. The second kappa shape index (κ2) is 7.07. The van der Waals surface area contributed by atoms with Crippen LogP contribution in [0.25, 0.3) is 16.7 Å². The number of carbonyl (C=O) groups excluding carboxylic acids is 1. The summed E-state index contributed by atoms with van der Waals surface area (Å²) < 4.78 is 1.93. The van der Waals surface area contributed by atoms with Crippen LogP contribution in [-0.2, 0) is 11.2 Å². The number of rotatable bonds is 5. The van der Waals surface area contributed by atoms with E-state index in [4.69, 9.17) is 0 Å². The molecule has 0 aliphatic heterocycles. The molecule has 2 aromatic heterocycles. The van der Waals surface area contributed by atoms with Crippen LogP contribution in [0.2, 0.25) is 0 Å². The highest BCUT2D eigenvalue weighted by molar-refractivity contribution is 5.91. The SMILES string of the molecule is Cc1nn(-c2ccccc2)c(C)c1CCC(=O)Nc1nc2ccccc2[nH]1. The summed E-state index contributed by atoms with van der Waals surface area (Å²) in [5.74, 6) is 0.412. The van der Waals surface area contributed by atoms with Gasteiger partial charge in [-0.15, -0.1) is 0 Å². The fourth-order valence-corrected chi connectivity index (χ4v) is 3.30.